The molecule has 0 fully saturated rings. The van der Waals surface area contributed by atoms with E-state index in [1.165, 1.54) is 49.4 Å². The third-order valence-corrected chi connectivity index (χ3v) is 5.31. The van der Waals surface area contributed by atoms with Gasteiger partial charge in [-0.1, -0.05) is 24.3 Å². The molecule has 0 N–H and O–H groups in total. The lowest BCUT2D eigenvalue weighted by molar-refractivity contribution is 0.668. The van der Waals surface area contributed by atoms with Gasteiger partial charge in [-0.3, -0.25) is 0 Å². The highest BCUT2D eigenvalue weighted by Gasteiger charge is 2.18. The fourth-order valence-electron chi connectivity index (χ4n) is 3.66. The zero-order valence-corrected chi connectivity index (χ0v) is 13.8. The Morgan fingerprint density at radius 2 is 1.27 bits per heavy atom. The summed E-state index contributed by atoms with van der Waals surface area (Å²) in [6.07, 6.45) is 0. The fourth-order valence-corrected chi connectivity index (χ4v) is 3.66. The molecule has 0 unspecified atom stereocenters. The van der Waals surface area contributed by atoms with Crippen molar-refractivity contribution >= 4 is 32.7 Å². The molecule has 110 valence electrons. The molecular weight excluding hydrogens is 268 g/mol. The topological polar surface area (TPSA) is 13.1 Å². The van der Waals surface area contributed by atoms with Gasteiger partial charge in [0.2, 0.25) is 0 Å². The van der Waals surface area contributed by atoms with Crippen molar-refractivity contribution in [1.29, 1.82) is 0 Å². The van der Waals surface area contributed by atoms with Gasteiger partial charge in [-0.15, -0.1) is 0 Å². The number of hydrogen-bond donors (Lipinski definition) is 0. The number of furan rings is 1. The molecule has 0 amide bonds. The second kappa shape index (κ2) is 4.36. The Labute approximate surface area is 130 Å². The predicted molar refractivity (Wildman–Crippen MR) is 94.9 cm³/mol. The molecular formula is C21H20O. The predicted octanol–water partition coefficient (Wildman–Crippen LogP) is 6.28. The van der Waals surface area contributed by atoms with E-state index >= 15 is 0 Å². The van der Waals surface area contributed by atoms with Crippen molar-refractivity contribution in [2.45, 2.75) is 34.6 Å². The summed E-state index contributed by atoms with van der Waals surface area (Å²) in [4.78, 5) is 0. The molecule has 22 heavy (non-hydrogen) atoms. The van der Waals surface area contributed by atoms with Crippen molar-refractivity contribution in [2.75, 3.05) is 0 Å². The maximum absolute atomic E-state index is 6.37. The van der Waals surface area contributed by atoms with Crippen LogP contribution in [0.2, 0.25) is 0 Å². The van der Waals surface area contributed by atoms with Crippen LogP contribution in [-0.2, 0) is 0 Å². The minimum Gasteiger partial charge on any atom is -0.455 e. The molecule has 1 aromatic heterocycles. The quantitative estimate of drug-likeness (QED) is 0.371. The molecule has 0 aliphatic carbocycles. The first-order valence-electron chi connectivity index (χ1n) is 7.81. The van der Waals surface area contributed by atoms with E-state index in [1.807, 2.05) is 0 Å². The van der Waals surface area contributed by atoms with Gasteiger partial charge in [0.25, 0.3) is 0 Å². The summed E-state index contributed by atoms with van der Waals surface area (Å²) in [5.74, 6) is 0. The Morgan fingerprint density at radius 3 is 2.00 bits per heavy atom. The van der Waals surface area contributed by atoms with Crippen LogP contribution in [0, 0.1) is 34.6 Å². The molecule has 1 heterocycles. The lowest BCUT2D eigenvalue weighted by atomic mass is 9.93. The standard InChI is InChI=1S/C21H20O/c1-11-10-18-19-14(4)12(2)13(3)15(5)20(19)22-21(18)17-9-7-6-8-16(11)17/h6-10H,1-5H3. The van der Waals surface area contributed by atoms with E-state index < -0.39 is 0 Å². The van der Waals surface area contributed by atoms with Gasteiger partial charge in [0, 0.05) is 16.2 Å². The summed E-state index contributed by atoms with van der Waals surface area (Å²) in [7, 11) is 0. The van der Waals surface area contributed by atoms with Crippen molar-refractivity contribution in [2.24, 2.45) is 0 Å². The van der Waals surface area contributed by atoms with Crippen LogP contribution in [0.25, 0.3) is 32.7 Å². The van der Waals surface area contributed by atoms with Crippen LogP contribution in [-0.4, -0.2) is 0 Å². The lowest BCUT2D eigenvalue weighted by Crippen LogP contribution is -1.91. The van der Waals surface area contributed by atoms with Gasteiger partial charge >= 0.3 is 0 Å². The third-order valence-electron chi connectivity index (χ3n) is 5.31. The van der Waals surface area contributed by atoms with Crippen molar-refractivity contribution in [3.8, 4) is 0 Å². The van der Waals surface area contributed by atoms with E-state index in [-0.39, 0.29) is 0 Å². The number of aryl methyl sites for hydroxylation is 3. The van der Waals surface area contributed by atoms with Crippen LogP contribution >= 0.6 is 0 Å². The highest BCUT2D eigenvalue weighted by Crippen LogP contribution is 2.40. The van der Waals surface area contributed by atoms with Crippen LogP contribution in [0.15, 0.2) is 34.7 Å². The van der Waals surface area contributed by atoms with E-state index in [2.05, 4.69) is 65.0 Å². The SMILES string of the molecule is Cc1c(C)c(C)c2c(oc3c4ccccc4c(C)cc32)c1C. The van der Waals surface area contributed by atoms with Crippen LogP contribution in [0.3, 0.4) is 0 Å². The number of hydrogen-bond acceptors (Lipinski definition) is 1. The summed E-state index contributed by atoms with van der Waals surface area (Å²) in [6.45, 7) is 11.0. The highest BCUT2D eigenvalue weighted by molar-refractivity contribution is 6.17. The maximum atomic E-state index is 6.37. The molecule has 4 rings (SSSR count). The van der Waals surface area contributed by atoms with Crippen LogP contribution < -0.4 is 0 Å². The van der Waals surface area contributed by atoms with Gasteiger partial charge in [0.15, 0.2) is 0 Å². The molecule has 0 aliphatic heterocycles. The normalized spacial score (nSPS) is 11.9. The summed E-state index contributed by atoms with van der Waals surface area (Å²) in [5, 5.41) is 5.01. The minimum absolute atomic E-state index is 1.02. The number of fused-ring (bicyclic) bond motifs is 5. The minimum atomic E-state index is 1.02. The van der Waals surface area contributed by atoms with Gasteiger partial charge in [0.05, 0.1) is 0 Å². The summed E-state index contributed by atoms with van der Waals surface area (Å²) < 4.78 is 6.37. The smallest absolute Gasteiger partial charge is 0.143 e. The molecule has 0 radical (unpaired) electrons. The zero-order chi connectivity index (χ0) is 15.6. The van der Waals surface area contributed by atoms with Crippen molar-refractivity contribution in [3.63, 3.8) is 0 Å². The first-order valence-corrected chi connectivity index (χ1v) is 7.81. The first-order chi connectivity index (χ1) is 10.5. The van der Waals surface area contributed by atoms with Crippen LogP contribution in [0.5, 0.6) is 0 Å². The van der Waals surface area contributed by atoms with Gasteiger partial charge in [-0.05, 0) is 73.9 Å². The number of benzene rings is 3. The molecule has 0 aliphatic rings. The van der Waals surface area contributed by atoms with Crippen molar-refractivity contribution < 1.29 is 4.42 Å². The van der Waals surface area contributed by atoms with E-state index in [0.717, 1.165) is 11.2 Å². The largest absolute Gasteiger partial charge is 0.455 e. The van der Waals surface area contributed by atoms with E-state index in [0.29, 0.717) is 0 Å². The molecule has 3 aromatic carbocycles. The van der Waals surface area contributed by atoms with Crippen molar-refractivity contribution in [3.05, 3.63) is 58.1 Å². The zero-order valence-electron chi connectivity index (χ0n) is 13.8. The monoisotopic (exact) mass is 288 g/mol. The van der Waals surface area contributed by atoms with Gasteiger partial charge in [-0.2, -0.15) is 0 Å². The molecule has 0 atom stereocenters. The van der Waals surface area contributed by atoms with Gasteiger partial charge in [0.1, 0.15) is 11.2 Å². The Morgan fingerprint density at radius 1 is 0.636 bits per heavy atom. The average molecular weight is 288 g/mol. The summed E-state index contributed by atoms with van der Waals surface area (Å²) >= 11 is 0. The molecule has 4 aromatic rings. The molecule has 0 saturated heterocycles. The summed E-state index contributed by atoms with van der Waals surface area (Å²) in [6, 6.07) is 10.8. The first kappa shape index (κ1) is 13.4. The second-order valence-electron chi connectivity index (χ2n) is 6.42. The average Bonchev–Trinajstić information content (AvgIpc) is 2.91. The fraction of sp³-hybridized carbons (Fsp3) is 0.238. The molecule has 0 bridgehead atoms. The maximum Gasteiger partial charge on any atom is 0.143 e. The van der Waals surface area contributed by atoms with Crippen LogP contribution in [0.4, 0.5) is 0 Å². The molecule has 1 heteroatoms. The molecule has 0 spiro atoms. The Hall–Kier alpha value is -2.28. The second-order valence-corrected chi connectivity index (χ2v) is 6.42. The highest BCUT2D eigenvalue weighted by atomic mass is 16.3. The summed E-state index contributed by atoms with van der Waals surface area (Å²) in [5.41, 5.74) is 8.69. The Balaban J connectivity index is 2.37. The molecule has 0 saturated carbocycles. The van der Waals surface area contributed by atoms with E-state index in [9.17, 15) is 0 Å². The molecule has 1 nitrogen and oxygen atoms in total. The van der Waals surface area contributed by atoms with Gasteiger partial charge in [-0.25, -0.2) is 0 Å². The van der Waals surface area contributed by atoms with E-state index in [1.54, 1.807) is 0 Å². The van der Waals surface area contributed by atoms with E-state index in [4.69, 9.17) is 4.42 Å². The number of rotatable bonds is 0. The van der Waals surface area contributed by atoms with Crippen molar-refractivity contribution in [1.82, 2.24) is 0 Å². The van der Waals surface area contributed by atoms with Crippen LogP contribution in [0.1, 0.15) is 27.8 Å². The Bertz CT molecular complexity index is 1060. The lowest BCUT2D eigenvalue weighted by Gasteiger charge is -2.09. The third kappa shape index (κ3) is 1.54. The van der Waals surface area contributed by atoms with Gasteiger partial charge < -0.3 is 4.42 Å². The Kier molecular flexibility index (Phi) is 2.65.